The van der Waals surface area contributed by atoms with Crippen LogP contribution in [-0.2, 0) is 9.59 Å². The molecule has 0 amide bonds. The highest BCUT2D eigenvalue weighted by Gasteiger charge is 2.16. The molecule has 1 atom stereocenters. The quantitative estimate of drug-likeness (QED) is 0.310. The smallest absolute Gasteiger partial charge is 0.333 e. The van der Waals surface area contributed by atoms with Gasteiger partial charge in [0, 0.05) is 5.54 Å². The lowest BCUT2D eigenvalue weighted by Gasteiger charge is -2.14. The largest absolute Gasteiger partial charge is 0.481 e. The maximum absolute atomic E-state index is 9.72. The van der Waals surface area contributed by atoms with Crippen LogP contribution in [0.25, 0.3) is 0 Å². The Kier molecular flexibility index (Phi) is 7.76. The van der Waals surface area contributed by atoms with Gasteiger partial charge in [0.1, 0.15) is 0 Å². The molecule has 6 N–H and O–H groups in total. The zero-order valence-electron chi connectivity index (χ0n) is 9.02. The number of carbonyl (C=O) groups is 2. The molecular formula is C8H18N2O5. The molecule has 0 aliphatic rings. The minimum atomic E-state index is -1.79. The van der Waals surface area contributed by atoms with Gasteiger partial charge in [0.15, 0.2) is 6.10 Å². The lowest BCUT2D eigenvalue weighted by atomic mass is 10.1. The molecule has 0 saturated heterocycles. The number of aliphatic hydroxyl groups is 1. The molecule has 0 aromatic rings. The van der Waals surface area contributed by atoms with Crippen molar-refractivity contribution in [2.24, 2.45) is 5.84 Å². The molecule has 0 bridgehead atoms. The Morgan fingerprint density at radius 2 is 1.67 bits per heavy atom. The van der Waals surface area contributed by atoms with E-state index in [0.29, 0.717) is 0 Å². The number of nitrogens with two attached hydrogens (primary N) is 1. The molecule has 0 radical (unpaired) electrons. The Morgan fingerprint density at radius 1 is 1.33 bits per heavy atom. The highest BCUT2D eigenvalue weighted by atomic mass is 16.4. The normalized spacial score (nSPS) is 12.3. The van der Waals surface area contributed by atoms with Crippen molar-refractivity contribution in [3.05, 3.63) is 0 Å². The second-order valence-corrected chi connectivity index (χ2v) is 3.85. The fraction of sp³-hybridized carbons (Fsp3) is 0.750. The Hall–Kier alpha value is -1.18. The monoisotopic (exact) mass is 222 g/mol. The second-order valence-electron chi connectivity index (χ2n) is 3.85. The van der Waals surface area contributed by atoms with E-state index in [1.54, 1.807) is 0 Å². The van der Waals surface area contributed by atoms with Gasteiger partial charge in [-0.1, -0.05) is 0 Å². The van der Waals surface area contributed by atoms with Crippen molar-refractivity contribution in [2.45, 2.75) is 38.8 Å². The van der Waals surface area contributed by atoms with Crippen LogP contribution in [0.15, 0.2) is 0 Å². The summed E-state index contributed by atoms with van der Waals surface area (Å²) in [7, 11) is 0. The third-order valence-electron chi connectivity index (χ3n) is 1.09. The van der Waals surface area contributed by atoms with Gasteiger partial charge in [0.2, 0.25) is 0 Å². The standard InChI is InChI=1S/C4H12N2.C4H6O5/c1-4(2,3)6-5;5-2(4(8)9)1-3(6)7/h6H,5H2,1-3H3;2,5H,1H2,(H,6,7)(H,8,9). The summed E-state index contributed by atoms with van der Waals surface area (Å²) in [6.07, 6.45) is -2.54. The number of hydrazine groups is 1. The molecule has 90 valence electrons. The van der Waals surface area contributed by atoms with E-state index >= 15 is 0 Å². The molecule has 0 heterocycles. The zero-order chi connectivity index (χ0) is 12.6. The lowest BCUT2D eigenvalue weighted by Crippen LogP contribution is -2.41. The first-order valence-corrected chi connectivity index (χ1v) is 4.20. The molecule has 0 aliphatic heterocycles. The van der Waals surface area contributed by atoms with Gasteiger partial charge in [0.25, 0.3) is 0 Å². The lowest BCUT2D eigenvalue weighted by molar-refractivity contribution is -0.152. The van der Waals surface area contributed by atoms with Gasteiger partial charge in [-0.2, -0.15) is 0 Å². The summed E-state index contributed by atoms with van der Waals surface area (Å²) in [4.78, 5) is 19.4. The van der Waals surface area contributed by atoms with E-state index in [1.807, 2.05) is 20.8 Å². The Morgan fingerprint density at radius 3 is 1.73 bits per heavy atom. The van der Waals surface area contributed by atoms with E-state index in [2.05, 4.69) is 5.43 Å². The first kappa shape index (κ1) is 16.3. The molecule has 0 fully saturated rings. The number of aliphatic carboxylic acids is 2. The number of aliphatic hydroxyl groups excluding tert-OH is 1. The summed E-state index contributed by atoms with van der Waals surface area (Å²) in [5, 5.41) is 24.1. The summed E-state index contributed by atoms with van der Waals surface area (Å²) >= 11 is 0. The summed E-state index contributed by atoms with van der Waals surface area (Å²) in [6.45, 7) is 6.02. The van der Waals surface area contributed by atoms with Crippen LogP contribution < -0.4 is 11.3 Å². The Balaban J connectivity index is 0. The van der Waals surface area contributed by atoms with Crippen molar-refractivity contribution < 1.29 is 24.9 Å². The molecule has 15 heavy (non-hydrogen) atoms. The number of carboxylic acids is 2. The number of carboxylic acid groups (broad SMARTS) is 2. The van der Waals surface area contributed by atoms with Gasteiger partial charge in [-0.05, 0) is 20.8 Å². The van der Waals surface area contributed by atoms with Gasteiger partial charge in [-0.25, -0.2) is 4.79 Å². The molecule has 0 aromatic heterocycles. The Labute approximate surface area is 87.9 Å². The minimum absolute atomic E-state index is 0.0694. The van der Waals surface area contributed by atoms with Crippen LogP contribution in [0.1, 0.15) is 27.2 Å². The molecule has 1 unspecified atom stereocenters. The third-order valence-corrected chi connectivity index (χ3v) is 1.09. The van der Waals surface area contributed by atoms with E-state index in [4.69, 9.17) is 21.2 Å². The van der Waals surface area contributed by atoms with Gasteiger partial charge in [-0.15, -0.1) is 0 Å². The highest BCUT2D eigenvalue weighted by Crippen LogP contribution is 1.92. The molecule has 0 rings (SSSR count). The first-order chi connectivity index (χ1) is 6.60. The van der Waals surface area contributed by atoms with Crippen molar-refractivity contribution in [1.82, 2.24) is 5.43 Å². The fourth-order valence-electron chi connectivity index (χ4n) is 0.253. The van der Waals surface area contributed by atoms with Crippen molar-refractivity contribution >= 4 is 11.9 Å². The topological polar surface area (TPSA) is 133 Å². The van der Waals surface area contributed by atoms with Crippen molar-refractivity contribution in [2.75, 3.05) is 0 Å². The second kappa shape index (κ2) is 7.16. The van der Waals surface area contributed by atoms with Crippen LogP contribution in [0.3, 0.4) is 0 Å². The minimum Gasteiger partial charge on any atom is -0.481 e. The fourth-order valence-corrected chi connectivity index (χ4v) is 0.253. The summed E-state index contributed by atoms with van der Waals surface area (Å²) in [5.74, 6) is 2.21. The molecule has 0 aromatic carbocycles. The molecular weight excluding hydrogens is 204 g/mol. The van der Waals surface area contributed by atoms with Crippen LogP contribution in [0, 0.1) is 0 Å². The molecule has 7 nitrogen and oxygen atoms in total. The van der Waals surface area contributed by atoms with E-state index < -0.39 is 24.5 Å². The van der Waals surface area contributed by atoms with Gasteiger partial charge in [-0.3, -0.25) is 16.1 Å². The molecule has 0 saturated carbocycles. The number of nitrogens with one attached hydrogen (secondary N) is 1. The predicted octanol–water partition coefficient (Wildman–Crippen LogP) is -0.845. The summed E-state index contributed by atoms with van der Waals surface area (Å²) < 4.78 is 0. The predicted molar refractivity (Wildman–Crippen MR) is 53.0 cm³/mol. The highest BCUT2D eigenvalue weighted by molar-refractivity contribution is 5.79. The third kappa shape index (κ3) is 15.6. The van der Waals surface area contributed by atoms with E-state index in [-0.39, 0.29) is 5.54 Å². The van der Waals surface area contributed by atoms with Crippen molar-refractivity contribution in [1.29, 1.82) is 0 Å². The average molecular weight is 222 g/mol. The maximum atomic E-state index is 9.72. The maximum Gasteiger partial charge on any atom is 0.333 e. The summed E-state index contributed by atoms with van der Waals surface area (Å²) in [5.41, 5.74) is 2.67. The van der Waals surface area contributed by atoms with Gasteiger partial charge < -0.3 is 15.3 Å². The molecule has 7 heteroatoms. The van der Waals surface area contributed by atoms with Crippen LogP contribution >= 0.6 is 0 Å². The number of rotatable bonds is 3. The van der Waals surface area contributed by atoms with Crippen LogP contribution in [-0.4, -0.2) is 38.9 Å². The summed E-state index contributed by atoms with van der Waals surface area (Å²) in [6, 6.07) is 0. The van der Waals surface area contributed by atoms with Crippen molar-refractivity contribution in [3.8, 4) is 0 Å². The van der Waals surface area contributed by atoms with Crippen LogP contribution in [0.2, 0.25) is 0 Å². The SMILES string of the molecule is CC(C)(C)NN.O=C(O)CC(O)C(=O)O. The van der Waals surface area contributed by atoms with Gasteiger partial charge >= 0.3 is 11.9 Å². The van der Waals surface area contributed by atoms with E-state index in [1.165, 1.54) is 0 Å². The Bertz CT molecular complexity index is 212. The molecule has 0 spiro atoms. The average Bonchev–Trinajstić information content (AvgIpc) is 2.02. The van der Waals surface area contributed by atoms with E-state index in [0.717, 1.165) is 0 Å². The van der Waals surface area contributed by atoms with Crippen LogP contribution in [0.5, 0.6) is 0 Å². The number of hydrogen-bond acceptors (Lipinski definition) is 5. The molecule has 0 aliphatic carbocycles. The zero-order valence-corrected chi connectivity index (χ0v) is 9.02. The number of hydrogen-bond donors (Lipinski definition) is 5. The van der Waals surface area contributed by atoms with Gasteiger partial charge in [0.05, 0.1) is 6.42 Å². The van der Waals surface area contributed by atoms with E-state index in [9.17, 15) is 9.59 Å². The van der Waals surface area contributed by atoms with Crippen molar-refractivity contribution in [3.63, 3.8) is 0 Å². The first-order valence-electron chi connectivity index (χ1n) is 4.20. The van der Waals surface area contributed by atoms with Crippen LogP contribution in [0.4, 0.5) is 0 Å².